The molecule has 0 atom stereocenters. The predicted molar refractivity (Wildman–Crippen MR) is 132 cm³/mol. The van der Waals surface area contributed by atoms with Gasteiger partial charge in [-0.25, -0.2) is 4.85 Å². The third kappa shape index (κ3) is 3.17. The van der Waals surface area contributed by atoms with Gasteiger partial charge in [0, 0.05) is 42.1 Å². The fourth-order valence-corrected chi connectivity index (χ4v) is 4.66. The second-order valence-electron chi connectivity index (χ2n) is 8.20. The highest BCUT2D eigenvalue weighted by molar-refractivity contribution is 6.19. The Kier molecular flexibility index (Phi) is 5.18. The van der Waals surface area contributed by atoms with Crippen molar-refractivity contribution in [3.8, 4) is 11.3 Å². The van der Waals surface area contributed by atoms with Crippen LogP contribution in [0.1, 0.15) is 26.5 Å². The fraction of sp³-hybridized carbons (Fsp3) is 0.179. The molecule has 0 N–H and O–H groups in total. The SMILES string of the molecule is [C-]#[N+]C1=C(C)/C(=C\c2cc3oc(-c4cccc5ccccc45)cc3n2CC)C(=O)N(CC)C1=O. The van der Waals surface area contributed by atoms with Crippen molar-refractivity contribution in [3.63, 3.8) is 0 Å². The maximum Gasteiger partial charge on any atom is 0.260 e. The Hall–Kier alpha value is -4.37. The lowest BCUT2D eigenvalue weighted by molar-refractivity contribution is -0.140. The van der Waals surface area contributed by atoms with Crippen molar-refractivity contribution < 1.29 is 14.0 Å². The van der Waals surface area contributed by atoms with Crippen LogP contribution in [0, 0.1) is 6.57 Å². The summed E-state index contributed by atoms with van der Waals surface area (Å²) in [5.41, 5.74) is 4.22. The average molecular weight is 450 g/mol. The van der Waals surface area contributed by atoms with Crippen molar-refractivity contribution >= 4 is 39.8 Å². The monoisotopic (exact) mass is 449 g/mol. The lowest BCUT2D eigenvalue weighted by Crippen LogP contribution is -2.42. The smallest absolute Gasteiger partial charge is 0.260 e. The number of fused-ring (bicyclic) bond motifs is 2. The van der Waals surface area contributed by atoms with Crippen molar-refractivity contribution in [1.29, 1.82) is 0 Å². The summed E-state index contributed by atoms with van der Waals surface area (Å²) >= 11 is 0. The van der Waals surface area contributed by atoms with Crippen LogP contribution in [0.5, 0.6) is 0 Å². The van der Waals surface area contributed by atoms with Crippen LogP contribution < -0.4 is 0 Å². The molecule has 4 aromatic rings. The summed E-state index contributed by atoms with van der Waals surface area (Å²) < 4.78 is 8.34. The minimum absolute atomic E-state index is 0.00997. The van der Waals surface area contributed by atoms with Crippen LogP contribution in [0.4, 0.5) is 0 Å². The number of amides is 2. The maximum atomic E-state index is 13.0. The Morgan fingerprint density at radius 3 is 2.50 bits per heavy atom. The lowest BCUT2D eigenvalue weighted by Gasteiger charge is -2.26. The third-order valence-electron chi connectivity index (χ3n) is 6.40. The number of aromatic nitrogens is 1. The van der Waals surface area contributed by atoms with Gasteiger partial charge in [-0.3, -0.25) is 14.5 Å². The first-order chi connectivity index (χ1) is 16.5. The Morgan fingerprint density at radius 1 is 1.00 bits per heavy atom. The summed E-state index contributed by atoms with van der Waals surface area (Å²) in [6, 6.07) is 18.3. The van der Waals surface area contributed by atoms with Crippen LogP contribution in [0.25, 0.3) is 44.1 Å². The zero-order chi connectivity index (χ0) is 24.0. The zero-order valence-electron chi connectivity index (χ0n) is 19.3. The number of aryl methyl sites for hydroxylation is 1. The lowest BCUT2D eigenvalue weighted by atomic mass is 9.98. The van der Waals surface area contributed by atoms with E-state index in [1.165, 1.54) is 0 Å². The van der Waals surface area contributed by atoms with Gasteiger partial charge in [-0.05, 0) is 43.2 Å². The number of hydrogen-bond acceptors (Lipinski definition) is 3. The van der Waals surface area contributed by atoms with Crippen LogP contribution in [0.15, 0.2) is 75.9 Å². The van der Waals surface area contributed by atoms with Gasteiger partial charge in [0.25, 0.3) is 17.5 Å². The molecule has 2 aromatic carbocycles. The number of nitrogens with zero attached hydrogens (tertiary/aromatic N) is 3. The third-order valence-corrected chi connectivity index (χ3v) is 6.40. The molecule has 2 aromatic heterocycles. The molecule has 0 spiro atoms. The van der Waals surface area contributed by atoms with Crippen molar-refractivity contribution in [2.75, 3.05) is 6.54 Å². The molecular weight excluding hydrogens is 426 g/mol. The second-order valence-corrected chi connectivity index (χ2v) is 8.20. The molecule has 0 radical (unpaired) electrons. The first-order valence-electron chi connectivity index (χ1n) is 11.3. The first-order valence-corrected chi connectivity index (χ1v) is 11.3. The van der Waals surface area contributed by atoms with Gasteiger partial charge in [0.15, 0.2) is 5.58 Å². The summed E-state index contributed by atoms with van der Waals surface area (Å²) in [4.78, 5) is 30.0. The van der Waals surface area contributed by atoms with E-state index < -0.39 is 5.91 Å². The number of imide groups is 1. The number of furan rings is 1. The van der Waals surface area contributed by atoms with Gasteiger partial charge in [-0.2, -0.15) is 0 Å². The molecule has 1 aliphatic heterocycles. The Morgan fingerprint density at radius 2 is 1.76 bits per heavy atom. The summed E-state index contributed by atoms with van der Waals surface area (Å²) in [5.74, 6) is -0.128. The topological polar surface area (TPSA) is 59.8 Å². The Balaban J connectivity index is 1.65. The van der Waals surface area contributed by atoms with Crippen molar-refractivity contribution in [3.05, 3.63) is 88.6 Å². The number of benzene rings is 2. The number of carbonyl (C=O) groups is 2. The van der Waals surface area contributed by atoms with E-state index in [1.807, 2.05) is 37.3 Å². The summed E-state index contributed by atoms with van der Waals surface area (Å²) in [6.07, 6.45) is 1.76. The van der Waals surface area contributed by atoms with E-state index in [4.69, 9.17) is 11.0 Å². The number of rotatable bonds is 4. The minimum Gasteiger partial charge on any atom is -0.454 e. The summed E-state index contributed by atoms with van der Waals surface area (Å²) in [5, 5.41) is 2.27. The number of hydrogen-bond donors (Lipinski definition) is 0. The minimum atomic E-state index is -0.531. The molecule has 1 aliphatic rings. The summed E-state index contributed by atoms with van der Waals surface area (Å²) in [7, 11) is 0. The largest absolute Gasteiger partial charge is 0.454 e. The Labute approximate surface area is 197 Å². The van der Waals surface area contributed by atoms with Gasteiger partial charge in [0.1, 0.15) is 5.76 Å². The van der Waals surface area contributed by atoms with E-state index >= 15 is 0 Å². The van der Waals surface area contributed by atoms with Gasteiger partial charge >= 0.3 is 0 Å². The van der Waals surface area contributed by atoms with Gasteiger partial charge in [0.2, 0.25) is 0 Å². The molecule has 0 saturated carbocycles. The van der Waals surface area contributed by atoms with E-state index in [9.17, 15) is 9.59 Å². The quantitative estimate of drug-likeness (QED) is 0.217. The molecule has 34 heavy (non-hydrogen) atoms. The van der Waals surface area contributed by atoms with Gasteiger partial charge in [-0.1, -0.05) is 42.5 Å². The normalized spacial score (nSPS) is 15.7. The van der Waals surface area contributed by atoms with E-state index in [-0.39, 0.29) is 18.1 Å². The molecule has 5 rings (SSSR count). The van der Waals surface area contributed by atoms with Crippen molar-refractivity contribution in [2.24, 2.45) is 0 Å². The van der Waals surface area contributed by atoms with Gasteiger partial charge in [0.05, 0.1) is 12.1 Å². The van der Waals surface area contributed by atoms with E-state index in [0.717, 1.165) is 43.8 Å². The molecule has 0 aliphatic carbocycles. The highest BCUT2D eigenvalue weighted by atomic mass is 16.3. The van der Waals surface area contributed by atoms with Gasteiger partial charge < -0.3 is 8.98 Å². The van der Waals surface area contributed by atoms with E-state index in [0.29, 0.717) is 17.7 Å². The van der Waals surface area contributed by atoms with Crippen LogP contribution >= 0.6 is 0 Å². The highest BCUT2D eigenvalue weighted by Gasteiger charge is 2.34. The highest BCUT2D eigenvalue weighted by Crippen LogP contribution is 2.35. The number of likely N-dealkylation sites (N-methyl/N-ethyl adjacent to an activating group) is 1. The molecule has 3 heterocycles. The van der Waals surface area contributed by atoms with Crippen LogP contribution in [-0.2, 0) is 16.1 Å². The molecule has 2 amide bonds. The second kappa shape index (κ2) is 8.20. The van der Waals surface area contributed by atoms with E-state index in [2.05, 4.69) is 33.7 Å². The average Bonchev–Trinajstić information content (AvgIpc) is 3.39. The van der Waals surface area contributed by atoms with Crippen LogP contribution in [0.3, 0.4) is 0 Å². The standard InChI is InChI=1S/C28H23N3O3/c1-5-30-19(14-22-17(3)26(29-4)28(33)31(6-2)27(22)32)15-25-23(30)16-24(34-25)21-13-9-11-18-10-7-8-12-20(18)21/h7-16H,5-6H2,1-3H3/b22-14+. The number of carbonyl (C=O) groups excluding carboxylic acids is 2. The molecule has 168 valence electrons. The molecule has 0 unspecified atom stereocenters. The zero-order valence-corrected chi connectivity index (χ0v) is 19.3. The van der Waals surface area contributed by atoms with Crippen molar-refractivity contribution in [2.45, 2.75) is 27.3 Å². The molecule has 6 nitrogen and oxygen atoms in total. The molecule has 6 heteroatoms. The van der Waals surface area contributed by atoms with Gasteiger partial charge in [-0.15, -0.1) is 0 Å². The Bertz CT molecular complexity index is 1580. The predicted octanol–water partition coefficient (Wildman–Crippen LogP) is 6.04. The molecule has 0 bridgehead atoms. The van der Waals surface area contributed by atoms with Crippen LogP contribution in [0.2, 0.25) is 0 Å². The molecular formula is C28H23N3O3. The van der Waals surface area contributed by atoms with Crippen molar-refractivity contribution in [1.82, 2.24) is 9.47 Å². The van der Waals surface area contributed by atoms with Crippen LogP contribution in [-0.4, -0.2) is 27.8 Å². The molecule has 0 fully saturated rings. The molecule has 0 saturated heterocycles. The maximum absolute atomic E-state index is 13.0. The first kappa shape index (κ1) is 21.5. The fourth-order valence-electron chi connectivity index (χ4n) is 4.66. The summed E-state index contributed by atoms with van der Waals surface area (Å²) in [6.45, 7) is 13.7. The van der Waals surface area contributed by atoms with E-state index in [1.54, 1.807) is 19.9 Å².